The van der Waals surface area contributed by atoms with Gasteiger partial charge in [0, 0.05) is 0 Å². The fourth-order valence-electron chi connectivity index (χ4n) is 1.23. The number of aliphatic carboxylic acids is 1. The number of nitriles is 1. The molecule has 0 heterocycles. The molecule has 8 heteroatoms. The topological polar surface area (TPSA) is 119 Å². The maximum absolute atomic E-state index is 11.4. The molecule has 0 bridgehead atoms. The average Bonchev–Trinajstić information content (AvgIpc) is 2.37. The first kappa shape index (κ1) is 17.1. The number of rotatable bonds is 2. The third kappa shape index (κ3) is 4.06. The van der Waals surface area contributed by atoms with Crippen LogP contribution in [0, 0.1) is 11.3 Å². The second-order valence-electron chi connectivity index (χ2n) is 3.07. The summed E-state index contributed by atoms with van der Waals surface area (Å²) < 4.78 is 4.45. The molecular weight excluding hydrogens is 263 g/mol. The predicted molar refractivity (Wildman–Crippen MR) is 56.1 cm³/mol. The van der Waals surface area contributed by atoms with E-state index in [2.05, 4.69) is 4.74 Å². The van der Waals surface area contributed by atoms with Gasteiger partial charge in [-0.2, -0.15) is 5.26 Å². The molecule has 1 aromatic rings. The third-order valence-electron chi connectivity index (χ3n) is 2.02. The number of carboxylic acids is 1. The second kappa shape index (κ2) is 7.53. The summed E-state index contributed by atoms with van der Waals surface area (Å²) in [5.74, 6) is -4.12. The molecule has 1 amide bonds. The van der Waals surface area contributed by atoms with Crippen molar-refractivity contribution in [2.24, 2.45) is 0 Å². The third-order valence-corrected chi connectivity index (χ3v) is 2.02. The first-order valence-electron chi connectivity index (χ1n) is 4.65. The minimum Gasteiger partial charge on any atom is -0.540 e. The molecule has 0 aliphatic heterocycles. The summed E-state index contributed by atoms with van der Waals surface area (Å²) in [4.78, 5) is 32.6. The first-order valence-corrected chi connectivity index (χ1v) is 4.65. The van der Waals surface area contributed by atoms with Crippen LogP contribution in [-0.4, -0.2) is 25.0 Å². The Hall–Kier alpha value is -1.88. The van der Waals surface area contributed by atoms with Crippen molar-refractivity contribution in [1.82, 2.24) is 0 Å². The maximum Gasteiger partial charge on any atom is 1.00 e. The number of anilines is 1. The normalized spacial score (nSPS) is 8.63. The molecule has 1 N–H and O–H groups in total. The number of carbonyl (C=O) groups excluding carboxylic acids is 3. The van der Waals surface area contributed by atoms with E-state index in [-0.39, 0.29) is 46.4 Å². The van der Waals surface area contributed by atoms with Gasteiger partial charge in [-0.25, -0.2) is 4.79 Å². The van der Waals surface area contributed by atoms with Crippen LogP contribution < -0.4 is 40.0 Å². The van der Waals surface area contributed by atoms with Gasteiger partial charge < -0.3 is 20.0 Å². The van der Waals surface area contributed by atoms with Crippen molar-refractivity contribution in [3.63, 3.8) is 0 Å². The Balaban J connectivity index is 0.00000324. The molecule has 1 rings (SSSR count). The Bertz CT molecular complexity index is 565. The number of ether oxygens (including phenoxy) is 1. The van der Waals surface area contributed by atoms with Gasteiger partial charge in [0.1, 0.15) is 12.0 Å². The van der Waals surface area contributed by atoms with Gasteiger partial charge in [0.15, 0.2) is 0 Å². The van der Waals surface area contributed by atoms with Crippen LogP contribution in [-0.2, 0) is 14.3 Å². The molecule has 0 radical (unpaired) electrons. The van der Waals surface area contributed by atoms with Gasteiger partial charge in [-0.1, -0.05) is 6.07 Å². The summed E-state index contributed by atoms with van der Waals surface area (Å²) in [7, 11) is 1.13. The van der Waals surface area contributed by atoms with Crippen molar-refractivity contribution >= 4 is 23.5 Å². The number of hydrogen-bond donors (Lipinski definition) is 1. The van der Waals surface area contributed by atoms with Crippen LogP contribution in [0.3, 0.4) is 0 Å². The number of carbonyl (C=O) groups is 3. The van der Waals surface area contributed by atoms with E-state index in [1.54, 1.807) is 6.07 Å². The van der Waals surface area contributed by atoms with Crippen molar-refractivity contribution in [2.75, 3.05) is 12.4 Å². The number of amides is 1. The van der Waals surface area contributed by atoms with Crippen LogP contribution in [0.4, 0.5) is 5.69 Å². The molecule has 0 aliphatic rings. The van der Waals surface area contributed by atoms with E-state index in [0.29, 0.717) is 0 Å². The number of methoxy groups -OCH3 is 1. The number of hydrogen-bond acceptors (Lipinski definition) is 6. The number of esters is 1. The number of carboxylic acid groups (broad SMARTS) is 1. The number of nitrogens with one attached hydrogen (secondary N) is 1. The summed E-state index contributed by atoms with van der Waals surface area (Å²) in [6, 6.07) is 5.67. The molecule has 0 aromatic heterocycles. The summed E-state index contributed by atoms with van der Waals surface area (Å²) >= 11 is 0. The van der Waals surface area contributed by atoms with Gasteiger partial charge in [-0.05, 0) is 12.1 Å². The monoisotopic (exact) mass is 270 g/mol. The maximum atomic E-state index is 11.4. The van der Waals surface area contributed by atoms with E-state index in [0.717, 1.165) is 7.11 Å². The van der Waals surface area contributed by atoms with E-state index in [1.165, 1.54) is 18.2 Å². The average molecular weight is 270 g/mol. The standard InChI is InChI=1S/C11H8N2O5.Na/c1-18-11(17)6-3-2-4-8(7(6)5-12)13-9(14)10(15)16;/h2-4H,1H3,(H,13,14)(H,15,16);/q;+1/p-1. The quantitative estimate of drug-likeness (QED) is 0.332. The smallest absolute Gasteiger partial charge is 0.540 e. The van der Waals surface area contributed by atoms with E-state index < -0.39 is 17.8 Å². The summed E-state index contributed by atoms with van der Waals surface area (Å²) in [6.45, 7) is 0. The van der Waals surface area contributed by atoms with Crippen molar-refractivity contribution in [3.05, 3.63) is 29.3 Å². The van der Waals surface area contributed by atoms with Crippen LogP contribution in [0.25, 0.3) is 0 Å². The SMILES string of the molecule is COC(=O)c1cccc(NC(=O)C(=O)[O-])c1C#N.[Na+]. The van der Waals surface area contributed by atoms with Crippen molar-refractivity contribution in [3.8, 4) is 6.07 Å². The van der Waals surface area contributed by atoms with E-state index in [4.69, 9.17) is 5.26 Å². The van der Waals surface area contributed by atoms with Crippen molar-refractivity contribution in [2.45, 2.75) is 0 Å². The van der Waals surface area contributed by atoms with E-state index >= 15 is 0 Å². The zero-order valence-electron chi connectivity index (χ0n) is 10.2. The van der Waals surface area contributed by atoms with Crippen LogP contribution >= 0.6 is 0 Å². The molecule has 0 saturated carbocycles. The number of nitrogens with zero attached hydrogens (tertiary/aromatic N) is 1. The van der Waals surface area contributed by atoms with Gasteiger partial charge in [0.05, 0.1) is 23.9 Å². The van der Waals surface area contributed by atoms with Gasteiger partial charge in [-0.3, -0.25) is 4.79 Å². The molecule has 92 valence electrons. The molecule has 0 saturated heterocycles. The molecular formula is C11H7N2NaO5. The Labute approximate surface area is 130 Å². The molecule has 7 nitrogen and oxygen atoms in total. The Morgan fingerprint density at radius 2 is 2.00 bits per heavy atom. The molecule has 0 aliphatic carbocycles. The number of benzene rings is 1. The van der Waals surface area contributed by atoms with Gasteiger partial charge in [0.2, 0.25) is 0 Å². The fraction of sp³-hybridized carbons (Fsp3) is 0.0909. The Morgan fingerprint density at radius 1 is 1.37 bits per heavy atom. The zero-order valence-corrected chi connectivity index (χ0v) is 12.2. The minimum atomic E-state index is -1.94. The molecule has 0 fully saturated rings. The minimum absolute atomic E-state index is 0. The van der Waals surface area contributed by atoms with Crippen molar-refractivity contribution < 1.29 is 53.8 Å². The van der Waals surface area contributed by atoms with Crippen LogP contribution in [0.2, 0.25) is 0 Å². The fourth-order valence-corrected chi connectivity index (χ4v) is 1.23. The Kier molecular flexibility index (Phi) is 6.79. The summed E-state index contributed by atoms with van der Waals surface area (Å²) in [5.41, 5.74) is -0.357. The summed E-state index contributed by atoms with van der Waals surface area (Å²) in [6.07, 6.45) is 0. The first-order chi connectivity index (χ1) is 8.51. The molecule has 0 spiro atoms. The zero-order chi connectivity index (χ0) is 13.7. The predicted octanol–water partition coefficient (Wildman–Crippen LogP) is -3.96. The van der Waals surface area contributed by atoms with Gasteiger partial charge in [0.25, 0.3) is 5.91 Å². The molecule has 19 heavy (non-hydrogen) atoms. The summed E-state index contributed by atoms with van der Waals surface area (Å²) in [5, 5.41) is 21.2. The van der Waals surface area contributed by atoms with E-state index in [9.17, 15) is 19.5 Å². The van der Waals surface area contributed by atoms with Gasteiger partial charge in [-0.15, -0.1) is 0 Å². The van der Waals surface area contributed by atoms with Crippen molar-refractivity contribution in [1.29, 1.82) is 5.26 Å². The molecule has 1 aromatic carbocycles. The van der Waals surface area contributed by atoms with Crippen LogP contribution in [0.5, 0.6) is 0 Å². The second-order valence-corrected chi connectivity index (χ2v) is 3.07. The molecule has 0 unspecified atom stereocenters. The van der Waals surface area contributed by atoms with E-state index in [1.807, 2.05) is 5.32 Å². The van der Waals surface area contributed by atoms with Gasteiger partial charge >= 0.3 is 35.5 Å². The van der Waals surface area contributed by atoms with Crippen LogP contribution in [0.1, 0.15) is 15.9 Å². The Morgan fingerprint density at radius 3 is 2.47 bits per heavy atom. The van der Waals surface area contributed by atoms with Crippen LogP contribution in [0.15, 0.2) is 18.2 Å². The largest absolute Gasteiger partial charge is 1.00 e. The molecule has 0 atom stereocenters.